The number of carbonyl (C=O) groups is 2. The quantitative estimate of drug-likeness (QED) is 0.403. The summed E-state index contributed by atoms with van der Waals surface area (Å²) in [7, 11) is 4.77. The van der Waals surface area contributed by atoms with Crippen LogP contribution in [0.3, 0.4) is 0 Å². The van der Waals surface area contributed by atoms with E-state index in [1.165, 1.54) is 0 Å². The van der Waals surface area contributed by atoms with Gasteiger partial charge in [-0.3, -0.25) is 4.79 Å². The number of ketones is 1. The zero-order valence-corrected chi connectivity index (χ0v) is 23.5. The molecule has 0 aromatic heterocycles. The van der Waals surface area contributed by atoms with Crippen LogP contribution in [-0.2, 0) is 14.3 Å². The van der Waals surface area contributed by atoms with E-state index in [2.05, 4.69) is 5.32 Å². The highest BCUT2D eigenvalue weighted by Gasteiger charge is 2.41. The first-order valence-electron chi connectivity index (χ1n) is 13.3. The fraction of sp³-hybridized carbons (Fsp3) is 0.419. The van der Waals surface area contributed by atoms with E-state index in [1.807, 2.05) is 57.2 Å². The molecule has 2 unspecified atom stereocenters. The highest BCUT2D eigenvalue weighted by molar-refractivity contribution is 6.04. The van der Waals surface area contributed by atoms with E-state index in [0.717, 1.165) is 16.8 Å². The maximum absolute atomic E-state index is 13.9. The molecule has 8 heteroatoms. The van der Waals surface area contributed by atoms with Crippen molar-refractivity contribution in [2.24, 2.45) is 0 Å². The van der Waals surface area contributed by atoms with Gasteiger partial charge in [0.1, 0.15) is 0 Å². The van der Waals surface area contributed by atoms with E-state index in [9.17, 15) is 9.59 Å². The molecule has 2 atom stereocenters. The van der Waals surface area contributed by atoms with Crippen LogP contribution in [0.2, 0.25) is 0 Å². The molecule has 1 aliphatic heterocycles. The van der Waals surface area contributed by atoms with E-state index >= 15 is 0 Å². The van der Waals surface area contributed by atoms with Crippen molar-refractivity contribution < 1.29 is 33.3 Å². The van der Waals surface area contributed by atoms with E-state index < -0.39 is 11.9 Å². The van der Waals surface area contributed by atoms with Crippen molar-refractivity contribution in [3.05, 3.63) is 70.1 Å². The van der Waals surface area contributed by atoms with Gasteiger partial charge in [-0.1, -0.05) is 19.1 Å². The Bertz CT molecular complexity index is 1310. The lowest BCUT2D eigenvalue weighted by Gasteiger charge is -2.37. The number of carbonyl (C=O) groups excluding carboxylic acids is 2. The van der Waals surface area contributed by atoms with Crippen molar-refractivity contribution in [2.75, 3.05) is 34.5 Å². The van der Waals surface area contributed by atoms with E-state index in [1.54, 1.807) is 21.3 Å². The SMILES string of the molecule is CCCOC(=O)C1=C(C)NC2=C(C(=O)CC(c3ccc(OC)c(OC)c3)C2)C1c1ccc(OCC)c(OC)c1. The van der Waals surface area contributed by atoms with Crippen LogP contribution >= 0.6 is 0 Å². The summed E-state index contributed by atoms with van der Waals surface area (Å²) < 4.78 is 27.8. The Morgan fingerprint density at radius 3 is 2.21 bits per heavy atom. The second-order valence-electron chi connectivity index (χ2n) is 9.61. The van der Waals surface area contributed by atoms with Crippen LogP contribution in [0.1, 0.15) is 63.0 Å². The van der Waals surface area contributed by atoms with Gasteiger partial charge in [-0.15, -0.1) is 0 Å². The van der Waals surface area contributed by atoms with Gasteiger partial charge >= 0.3 is 5.97 Å². The maximum atomic E-state index is 13.9. The van der Waals surface area contributed by atoms with Gasteiger partial charge in [0.15, 0.2) is 28.8 Å². The Kier molecular flexibility index (Phi) is 8.84. The summed E-state index contributed by atoms with van der Waals surface area (Å²) in [5.41, 5.74) is 4.27. The molecule has 2 aromatic carbocycles. The number of rotatable bonds is 10. The molecule has 0 spiro atoms. The predicted molar refractivity (Wildman–Crippen MR) is 148 cm³/mol. The van der Waals surface area contributed by atoms with Crippen LogP contribution in [0.5, 0.6) is 23.0 Å². The third kappa shape index (κ3) is 5.60. The summed E-state index contributed by atoms with van der Waals surface area (Å²) in [4.78, 5) is 27.2. The molecule has 1 N–H and O–H groups in total. The Morgan fingerprint density at radius 1 is 0.897 bits per heavy atom. The molecule has 0 bridgehead atoms. The molecule has 0 fully saturated rings. The number of allylic oxidation sites excluding steroid dienone is 3. The second kappa shape index (κ2) is 12.3. The molecule has 4 rings (SSSR count). The number of nitrogens with one attached hydrogen (secondary N) is 1. The van der Waals surface area contributed by atoms with Crippen LogP contribution in [-0.4, -0.2) is 46.3 Å². The predicted octanol–water partition coefficient (Wildman–Crippen LogP) is 5.43. The van der Waals surface area contributed by atoms with Gasteiger partial charge in [0, 0.05) is 29.3 Å². The Morgan fingerprint density at radius 2 is 1.54 bits per heavy atom. The molecule has 0 radical (unpaired) electrons. The number of benzene rings is 2. The summed E-state index contributed by atoms with van der Waals surface area (Å²) in [6.07, 6.45) is 1.61. The zero-order valence-electron chi connectivity index (χ0n) is 23.5. The minimum atomic E-state index is -0.589. The topological polar surface area (TPSA) is 92.3 Å². The van der Waals surface area contributed by atoms with Gasteiger partial charge in [-0.2, -0.15) is 0 Å². The van der Waals surface area contributed by atoms with Crippen molar-refractivity contribution >= 4 is 11.8 Å². The molecule has 0 amide bonds. The van der Waals surface area contributed by atoms with Gasteiger partial charge in [0.2, 0.25) is 0 Å². The summed E-state index contributed by atoms with van der Waals surface area (Å²) in [5.74, 6) is 1.31. The van der Waals surface area contributed by atoms with Crippen LogP contribution in [0.15, 0.2) is 58.9 Å². The van der Waals surface area contributed by atoms with Crippen LogP contribution < -0.4 is 24.3 Å². The van der Waals surface area contributed by atoms with Crippen LogP contribution in [0.25, 0.3) is 0 Å². The smallest absolute Gasteiger partial charge is 0.336 e. The normalized spacial score (nSPS) is 18.8. The van der Waals surface area contributed by atoms with Gasteiger partial charge in [-0.25, -0.2) is 4.79 Å². The maximum Gasteiger partial charge on any atom is 0.336 e. The monoisotopic (exact) mass is 535 g/mol. The molecule has 0 saturated carbocycles. The van der Waals surface area contributed by atoms with Crippen molar-refractivity contribution in [1.29, 1.82) is 0 Å². The number of dihydropyridines is 1. The van der Waals surface area contributed by atoms with Crippen molar-refractivity contribution in [3.8, 4) is 23.0 Å². The molecule has 8 nitrogen and oxygen atoms in total. The summed E-state index contributed by atoms with van der Waals surface area (Å²) >= 11 is 0. The lowest BCUT2D eigenvalue weighted by atomic mass is 9.71. The lowest BCUT2D eigenvalue weighted by Crippen LogP contribution is -2.36. The van der Waals surface area contributed by atoms with Gasteiger partial charge in [-0.05, 0) is 68.0 Å². The highest BCUT2D eigenvalue weighted by Crippen LogP contribution is 2.47. The second-order valence-corrected chi connectivity index (χ2v) is 9.61. The molecule has 208 valence electrons. The minimum absolute atomic E-state index is 0.0188. The fourth-order valence-electron chi connectivity index (χ4n) is 5.40. The number of hydrogen-bond donors (Lipinski definition) is 1. The highest BCUT2D eigenvalue weighted by atomic mass is 16.5. The number of hydrogen-bond acceptors (Lipinski definition) is 8. The third-order valence-corrected chi connectivity index (χ3v) is 7.18. The molecule has 0 saturated heterocycles. The van der Waals surface area contributed by atoms with Gasteiger partial charge < -0.3 is 29.0 Å². The molecule has 39 heavy (non-hydrogen) atoms. The summed E-state index contributed by atoms with van der Waals surface area (Å²) in [6, 6.07) is 11.3. The van der Waals surface area contributed by atoms with Crippen LogP contribution in [0.4, 0.5) is 0 Å². The molecular weight excluding hydrogens is 498 g/mol. The summed E-state index contributed by atoms with van der Waals surface area (Å²) in [6.45, 7) is 6.50. The first-order valence-corrected chi connectivity index (χ1v) is 13.3. The van der Waals surface area contributed by atoms with E-state index in [-0.39, 0.29) is 11.7 Å². The average Bonchev–Trinajstić information content (AvgIpc) is 2.94. The molecule has 2 aliphatic rings. The minimum Gasteiger partial charge on any atom is -0.493 e. The standard InChI is InChI=1S/C31H37NO7/c1-7-13-39-31(34)28-18(3)32-22-14-21(19-9-11-24(35-4)26(16-19)36-5)15-23(33)30(22)29(28)20-10-12-25(38-8-2)27(17-20)37-6/h9-12,16-17,21,29,32H,7-8,13-15H2,1-6H3. The number of ether oxygens (including phenoxy) is 5. The largest absolute Gasteiger partial charge is 0.493 e. The lowest BCUT2D eigenvalue weighted by molar-refractivity contribution is -0.139. The Labute approximate surface area is 229 Å². The third-order valence-electron chi connectivity index (χ3n) is 7.18. The van der Waals surface area contributed by atoms with Gasteiger partial charge in [0.25, 0.3) is 0 Å². The summed E-state index contributed by atoms with van der Waals surface area (Å²) in [5, 5.41) is 3.39. The molecule has 1 aliphatic carbocycles. The van der Waals surface area contributed by atoms with Crippen molar-refractivity contribution in [1.82, 2.24) is 5.32 Å². The molecule has 2 aromatic rings. The van der Waals surface area contributed by atoms with Gasteiger partial charge in [0.05, 0.1) is 40.1 Å². The number of Topliss-reactive ketones (excluding diaryl/α,β-unsaturated/α-hetero) is 1. The molecule has 1 heterocycles. The first kappa shape index (κ1) is 28.1. The Balaban J connectivity index is 1.79. The average molecular weight is 536 g/mol. The van der Waals surface area contributed by atoms with E-state index in [0.29, 0.717) is 72.3 Å². The zero-order chi connectivity index (χ0) is 28.1. The van der Waals surface area contributed by atoms with Crippen LogP contribution in [0, 0.1) is 0 Å². The van der Waals surface area contributed by atoms with E-state index in [4.69, 9.17) is 23.7 Å². The fourth-order valence-corrected chi connectivity index (χ4v) is 5.40. The van der Waals surface area contributed by atoms with Crippen molar-refractivity contribution in [3.63, 3.8) is 0 Å². The first-order chi connectivity index (χ1) is 18.9. The number of methoxy groups -OCH3 is 3. The Hall–Kier alpha value is -3.94. The van der Waals surface area contributed by atoms with Crippen molar-refractivity contribution in [2.45, 2.75) is 51.9 Å². The number of esters is 1. The molecular formula is C31H37NO7.